The second-order valence-corrected chi connectivity index (χ2v) is 7.32. The molecule has 1 atom stereocenters. The molecular formula is C19H23FN4O3. The van der Waals surface area contributed by atoms with Crippen molar-refractivity contribution in [2.45, 2.75) is 37.1 Å². The van der Waals surface area contributed by atoms with Crippen molar-refractivity contribution in [3.63, 3.8) is 0 Å². The molecule has 0 saturated carbocycles. The number of carbonyl (C=O) groups is 1. The highest BCUT2D eigenvalue weighted by molar-refractivity contribution is 5.86. The Kier molecular flexibility index (Phi) is 4.92. The predicted octanol–water partition coefficient (Wildman–Crippen LogP) is 2.09. The molecule has 1 aromatic carbocycles. The molecule has 1 unspecified atom stereocenters. The Labute approximate surface area is 156 Å². The van der Waals surface area contributed by atoms with Gasteiger partial charge in [0.15, 0.2) is 0 Å². The summed E-state index contributed by atoms with van der Waals surface area (Å²) >= 11 is 0. The molecule has 0 radical (unpaired) electrons. The van der Waals surface area contributed by atoms with E-state index in [1.54, 1.807) is 12.1 Å². The van der Waals surface area contributed by atoms with Crippen LogP contribution in [0, 0.1) is 5.82 Å². The number of carbonyl (C=O) groups excluding carboxylic acids is 1. The average Bonchev–Trinajstić information content (AvgIpc) is 3.19. The Hall–Kier alpha value is -2.32. The minimum atomic E-state index is -0.839. The van der Waals surface area contributed by atoms with Crippen LogP contribution < -0.4 is 5.73 Å². The zero-order valence-corrected chi connectivity index (χ0v) is 15.1. The van der Waals surface area contributed by atoms with Crippen molar-refractivity contribution in [1.29, 1.82) is 0 Å². The summed E-state index contributed by atoms with van der Waals surface area (Å²) in [6.45, 7) is 2.24. The summed E-state index contributed by atoms with van der Waals surface area (Å²) in [5, 5.41) is 4.01. The molecule has 144 valence electrons. The third-order valence-corrected chi connectivity index (χ3v) is 5.41. The van der Waals surface area contributed by atoms with Gasteiger partial charge in [0, 0.05) is 31.9 Å². The number of hydrogen-bond acceptors (Lipinski definition) is 6. The van der Waals surface area contributed by atoms with Crippen LogP contribution in [0.2, 0.25) is 0 Å². The van der Waals surface area contributed by atoms with Crippen LogP contribution in [-0.4, -0.2) is 52.8 Å². The number of hydrogen-bond donors (Lipinski definition) is 1. The number of amides is 1. The van der Waals surface area contributed by atoms with Crippen molar-refractivity contribution in [2.75, 3.05) is 26.3 Å². The molecule has 2 saturated heterocycles. The fourth-order valence-electron chi connectivity index (χ4n) is 3.74. The van der Waals surface area contributed by atoms with Gasteiger partial charge in [0.1, 0.15) is 5.82 Å². The maximum Gasteiger partial charge on any atom is 0.242 e. The van der Waals surface area contributed by atoms with Gasteiger partial charge in [-0.05, 0) is 49.9 Å². The van der Waals surface area contributed by atoms with Crippen molar-refractivity contribution >= 4 is 5.91 Å². The van der Waals surface area contributed by atoms with Crippen LogP contribution >= 0.6 is 0 Å². The van der Waals surface area contributed by atoms with Crippen LogP contribution in [0.4, 0.5) is 4.39 Å². The van der Waals surface area contributed by atoms with Crippen molar-refractivity contribution in [1.82, 2.24) is 15.0 Å². The molecule has 0 spiro atoms. The molecule has 2 aliphatic heterocycles. The van der Waals surface area contributed by atoms with Crippen molar-refractivity contribution in [3.8, 4) is 11.4 Å². The lowest BCUT2D eigenvalue weighted by atomic mass is 9.88. The molecule has 2 aromatic rings. The van der Waals surface area contributed by atoms with Crippen LogP contribution in [0.1, 0.15) is 37.5 Å². The standard InChI is InChI=1S/C19H23FN4O3/c20-15-5-3-13(4-6-15)16-22-17(27-23-16)14-2-1-9-24(12-14)18(25)19(21)7-10-26-11-8-19/h3-6,14H,1-2,7-12,21H2. The first-order valence-electron chi connectivity index (χ1n) is 9.31. The van der Waals surface area contributed by atoms with Gasteiger partial charge in [-0.1, -0.05) is 5.16 Å². The first-order valence-corrected chi connectivity index (χ1v) is 9.31. The maximum atomic E-state index is 13.1. The highest BCUT2D eigenvalue weighted by Crippen LogP contribution is 2.30. The second kappa shape index (κ2) is 7.36. The van der Waals surface area contributed by atoms with Gasteiger partial charge in [-0.15, -0.1) is 0 Å². The monoisotopic (exact) mass is 374 g/mol. The molecule has 2 aliphatic rings. The van der Waals surface area contributed by atoms with E-state index < -0.39 is 5.54 Å². The Morgan fingerprint density at radius 3 is 2.74 bits per heavy atom. The van der Waals surface area contributed by atoms with E-state index in [1.165, 1.54) is 12.1 Å². The summed E-state index contributed by atoms with van der Waals surface area (Å²) in [5.41, 5.74) is 6.21. The van der Waals surface area contributed by atoms with E-state index in [-0.39, 0.29) is 17.6 Å². The summed E-state index contributed by atoms with van der Waals surface area (Å²) in [7, 11) is 0. The lowest BCUT2D eigenvalue weighted by Crippen LogP contribution is -2.59. The number of benzene rings is 1. The molecule has 2 N–H and O–H groups in total. The molecule has 0 aliphatic carbocycles. The SMILES string of the molecule is NC1(C(=O)N2CCCC(c3nc(-c4ccc(F)cc4)no3)C2)CCOCC1. The summed E-state index contributed by atoms with van der Waals surface area (Å²) in [6.07, 6.45) is 2.82. The third kappa shape index (κ3) is 3.72. The van der Waals surface area contributed by atoms with Gasteiger partial charge >= 0.3 is 0 Å². The summed E-state index contributed by atoms with van der Waals surface area (Å²) in [5.74, 6) is 0.576. The Morgan fingerprint density at radius 2 is 2.00 bits per heavy atom. The summed E-state index contributed by atoms with van der Waals surface area (Å²) < 4.78 is 23.9. The zero-order chi connectivity index (χ0) is 18.9. The molecule has 8 heteroatoms. The number of aromatic nitrogens is 2. The van der Waals surface area contributed by atoms with Gasteiger partial charge in [-0.2, -0.15) is 4.98 Å². The van der Waals surface area contributed by atoms with Crippen LogP contribution in [-0.2, 0) is 9.53 Å². The second-order valence-electron chi connectivity index (χ2n) is 7.32. The molecular weight excluding hydrogens is 351 g/mol. The van der Waals surface area contributed by atoms with Gasteiger partial charge < -0.3 is 19.9 Å². The van der Waals surface area contributed by atoms with E-state index >= 15 is 0 Å². The van der Waals surface area contributed by atoms with Gasteiger partial charge in [-0.3, -0.25) is 4.79 Å². The molecule has 1 amide bonds. The molecule has 2 fully saturated rings. The zero-order valence-electron chi connectivity index (χ0n) is 15.1. The average molecular weight is 374 g/mol. The number of rotatable bonds is 3. The van der Waals surface area contributed by atoms with Crippen LogP contribution in [0.3, 0.4) is 0 Å². The van der Waals surface area contributed by atoms with E-state index in [9.17, 15) is 9.18 Å². The maximum absolute atomic E-state index is 13.1. The Balaban J connectivity index is 1.47. The lowest BCUT2D eigenvalue weighted by molar-refractivity contribution is -0.142. The van der Waals surface area contributed by atoms with Crippen molar-refractivity contribution in [3.05, 3.63) is 36.0 Å². The van der Waals surface area contributed by atoms with Crippen LogP contribution in [0.25, 0.3) is 11.4 Å². The van der Waals surface area contributed by atoms with E-state index in [1.807, 2.05) is 4.90 Å². The smallest absolute Gasteiger partial charge is 0.242 e. The number of nitrogens with zero attached hydrogens (tertiary/aromatic N) is 3. The van der Waals surface area contributed by atoms with Crippen molar-refractivity contribution in [2.24, 2.45) is 5.73 Å². The fraction of sp³-hybridized carbons (Fsp3) is 0.526. The minimum Gasteiger partial charge on any atom is -0.381 e. The Bertz CT molecular complexity index is 802. The number of likely N-dealkylation sites (tertiary alicyclic amines) is 1. The van der Waals surface area contributed by atoms with Gasteiger partial charge in [-0.25, -0.2) is 4.39 Å². The number of ether oxygens (including phenoxy) is 1. The van der Waals surface area contributed by atoms with Crippen LogP contribution in [0.5, 0.6) is 0 Å². The first-order chi connectivity index (χ1) is 13.0. The number of halogens is 1. The molecule has 1 aromatic heterocycles. The highest BCUT2D eigenvalue weighted by atomic mass is 19.1. The largest absolute Gasteiger partial charge is 0.381 e. The van der Waals surface area contributed by atoms with E-state index in [2.05, 4.69) is 10.1 Å². The molecule has 4 rings (SSSR count). The normalized spacial score (nSPS) is 22.6. The number of nitrogens with two attached hydrogens (primary N) is 1. The molecule has 3 heterocycles. The highest BCUT2D eigenvalue weighted by Gasteiger charge is 2.41. The van der Waals surface area contributed by atoms with E-state index in [4.69, 9.17) is 15.0 Å². The van der Waals surface area contributed by atoms with Gasteiger partial charge in [0.05, 0.1) is 11.5 Å². The molecule has 0 bridgehead atoms. The molecule has 7 nitrogen and oxygen atoms in total. The van der Waals surface area contributed by atoms with Crippen LogP contribution in [0.15, 0.2) is 28.8 Å². The summed E-state index contributed by atoms with van der Waals surface area (Å²) in [4.78, 5) is 19.2. The number of piperidine rings is 1. The quantitative estimate of drug-likeness (QED) is 0.884. The lowest BCUT2D eigenvalue weighted by Gasteiger charge is -2.39. The first kappa shape index (κ1) is 18.1. The van der Waals surface area contributed by atoms with Crippen molar-refractivity contribution < 1.29 is 18.4 Å². The third-order valence-electron chi connectivity index (χ3n) is 5.41. The Morgan fingerprint density at radius 1 is 1.26 bits per heavy atom. The predicted molar refractivity (Wildman–Crippen MR) is 95.2 cm³/mol. The minimum absolute atomic E-state index is 0.0197. The van der Waals surface area contributed by atoms with Gasteiger partial charge in [0.2, 0.25) is 17.6 Å². The van der Waals surface area contributed by atoms with E-state index in [0.29, 0.717) is 56.4 Å². The fourth-order valence-corrected chi connectivity index (χ4v) is 3.74. The summed E-state index contributed by atoms with van der Waals surface area (Å²) in [6, 6.07) is 5.95. The van der Waals surface area contributed by atoms with E-state index in [0.717, 1.165) is 12.8 Å². The van der Waals surface area contributed by atoms with Gasteiger partial charge in [0.25, 0.3) is 0 Å². The molecule has 27 heavy (non-hydrogen) atoms. The topological polar surface area (TPSA) is 94.5 Å².